The van der Waals surface area contributed by atoms with E-state index in [0.29, 0.717) is 18.5 Å². The summed E-state index contributed by atoms with van der Waals surface area (Å²) in [6, 6.07) is 2.40. The summed E-state index contributed by atoms with van der Waals surface area (Å²) in [6.07, 6.45) is 3.30. The topological polar surface area (TPSA) is 50.2 Å². The fourth-order valence-corrected chi connectivity index (χ4v) is 2.52. The van der Waals surface area contributed by atoms with E-state index in [1.807, 2.05) is 6.07 Å². The van der Waals surface area contributed by atoms with Crippen molar-refractivity contribution in [3.63, 3.8) is 0 Å². The van der Waals surface area contributed by atoms with Gasteiger partial charge >= 0.3 is 0 Å². The molecule has 1 aromatic rings. The van der Waals surface area contributed by atoms with Crippen LogP contribution in [0.3, 0.4) is 0 Å². The summed E-state index contributed by atoms with van der Waals surface area (Å²) in [5.74, 6) is 1.83. The molecule has 1 aromatic heterocycles. The van der Waals surface area contributed by atoms with Gasteiger partial charge < -0.3 is 5.32 Å². The Labute approximate surface area is 100.0 Å². The second-order valence-corrected chi connectivity index (χ2v) is 5.05. The Morgan fingerprint density at radius 1 is 1.56 bits per heavy atom. The van der Waals surface area contributed by atoms with Gasteiger partial charge in [0.05, 0.1) is 12.2 Å². The normalized spacial score (nSPS) is 27.8. The van der Waals surface area contributed by atoms with Crippen LogP contribution in [0.4, 0.5) is 0 Å². The maximum atomic E-state index is 4.52. The molecule has 0 spiro atoms. The molecule has 4 nitrogen and oxygen atoms in total. The molecule has 5 heteroatoms. The third kappa shape index (κ3) is 2.95. The Kier molecular flexibility index (Phi) is 3.77. The molecule has 1 N–H and O–H groups in total. The van der Waals surface area contributed by atoms with Gasteiger partial charge in [0.2, 0.25) is 0 Å². The van der Waals surface area contributed by atoms with E-state index in [0.717, 1.165) is 16.6 Å². The minimum Gasteiger partial charge on any atom is -0.362 e. The number of amidine groups is 1. The van der Waals surface area contributed by atoms with Gasteiger partial charge in [0, 0.05) is 18.0 Å². The number of hydrogen-bond acceptors (Lipinski definition) is 4. The van der Waals surface area contributed by atoms with Gasteiger partial charge in [-0.25, -0.2) is 9.97 Å². The van der Waals surface area contributed by atoms with E-state index in [1.54, 1.807) is 24.3 Å². The zero-order valence-corrected chi connectivity index (χ0v) is 10.4. The van der Waals surface area contributed by atoms with Crippen molar-refractivity contribution in [1.29, 1.82) is 0 Å². The quantitative estimate of drug-likeness (QED) is 0.849. The first-order valence-electron chi connectivity index (χ1n) is 5.44. The van der Waals surface area contributed by atoms with Crippen LogP contribution in [0.5, 0.6) is 0 Å². The number of thioether (sulfide) groups is 1. The zero-order chi connectivity index (χ0) is 11.4. The average molecular weight is 236 g/mol. The molecule has 2 heterocycles. The van der Waals surface area contributed by atoms with Crippen LogP contribution in [0.25, 0.3) is 0 Å². The molecule has 2 unspecified atom stereocenters. The van der Waals surface area contributed by atoms with Gasteiger partial charge in [0.1, 0.15) is 6.33 Å². The van der Waals surface area contributed by atoms with Gasteiger partial charge in [-0.3, -0.25) is 4.99 Å². The Hall–Kier alpha value is -1.10. The number of aromatic nitrogens is 2. The van der Waals surface area contributed by atoms with Crippen LogP contribution >= 0.6 is 11.8 Å². The summed E-state index contributed by atoms with van der Waals surface area (Å²) in [6.45, 7) is 5.08. The molecular formula is C11H16N4S. The molecule has 1 aliphatic rings. The highest BCUT2D eigenvalue weighted by Crippen LogP contribution is 2.19. The van der Waals surface area contributed by atoms with Crippen molar-refractivity contribution in [2.75, 3.05) is 5.75 Å². The second-order valence-electron chi connectivity index (χ2n) is 4.04. The molecule has 0 bridgehead atoms. The molecule has 1 aliphatic heterocycles. The monoisotopic (exact) mass is 236 g/mol. The van der Waals surface area contributed by atoms with Crippen molar-refractivity contribution in [2.24, 2.45) is 10.9 Å². The van der Waals surface area contributed by atoms with Crippen LogP contribution in [0.2, 0.25) is 0 Å². The van der Waals surface area contributed by atoms with Gasteiger partial charge in [0.25, 0.3) is 0 Å². The van der Waals surface area contributed by atoms with E-state index in [4.69, 9.17) is 0 Å². The Bertz CT molecular complexity index is 366. The van der Waals surface area contributed by atoms with Gasteiger partial charge in [-0.2, -0.15) is 0 Å². The average Bonchev–Trinajstić information content (AvgIpc) is 2.32. The second kappa shape index (κ2) is 5.30. The number of nitrogens with zero attached hydrogens (tertiary/aromatic N) is 3. The standard InChI is InChI=1S/C11H16N4S/c1-8-6-16-11(15-9(8)2)13-5-10-3-4-12-7-14-10/h3-4,7-9H,5-6H2,1-2H3,(H,13,15). The van der Waals surface area contributed by atoms with E-state index >= 15 is 0 Å². The minimum atomic E-state index is 0.505. The van der Waals surface area contributed by atoms with E-state index < -0.39 is 0 Å². The molecule has 2 atom stereocenters. The van der Waals surface area contributed by atoms with Crippen LogP contribution in [-0.2, 0) is 6.54 Å². The molecule has 86 valence electrons. The van der Waals surface area contributed by atoms with Gasteiger partial charge in [-0.05, 0) is 18.9 Å². The Morgan fingerprint density at radius 2 is 2.44 bits per heavy atom. The third-order valence-corrected chi connectivity index (χ3v) is 3.93. The summed E-state index contributed by atoms with van der Waals surface area (Å²) >= 11 is 1.79. The van der Waals surface area contributed by atoms with E-state index in [9.17, 15) is 0 Å². The Balaban J connectivity index is 1.93. The summed E-state index contributed by atoms with van der Waals surface area (Å²) in [5, 5.41) is 4.44. The fourth-order valence-electron chi connectivity index (χ4n) is 1.39. The first-order valence-corrected chi connectivity index (χ1v) is 6.43. The molecule has 1 saturated heterocycles. The molecule has 1 fully saturated rings. The van der Waals surface area contributed by atoms with Crippen LogP contribution < -0.4 is 5.32 Å². The van der Waals surface area contributed by atoms with E-state index in [-0.39, 0.29) is 0 Å². The lowest BCUT2D eigenvalue weighted by molar-refractivity contribution is 0.490. The predicted octanol–water partition coefficient (Wildman–Crippen LogP) is 1.69. The molecule has 0 aliphatic carbocycles. The first-order chi connectivity index (χ1) is 7.75. The number of aliphatic imine (C=N–C) groups is 1. The number of hydrogen-bond donors (Lipinski definition) is 1. The number of rotatable bonds is 2. The summed E-state index contributed by atoms with van der Waals surface area (Å²) < 4.78 is 0. The Morgan fingerprint density at radius 3 is 3.12 bits per heavy atom. The van der Waals surface area contributed by atoms with Crippen molar-refractivity contribution >= 4 is 16.9 Å². The predicted molar refractivity (Wildman–Crippen MR) is 67.4 cm³/mol. The highest BCUT2D eigenvalue weighted by atomic mass is 32.2. The van der Waals surface area contributed by atoms with Crippen LogP contribution in [0.15, 0.2) is 23.6 Å². The molecule has 0 amide bonds. The lowest BCUT2D eigenvalue weighted by Gasteiger charge is -2.28. The largest absolute Gasteiger partial charge is 0.362 e. The molecule has 16 heavy (non-hydrogen) atoms. The van der Waals surface area contributed by atoms with Crippen LogP contribution in [-0.4, -0.2) is 26.9 Å². The maximum absolute atomic E-state index is 4.52. The summed E-state index contributed by atoms with van der Waals surface area (Å²) in [4.78, 5) is 12.5. The minimum absolute atomic E-state index is 0.505. The molecule has 0 aromatic carbocycles. The molecule has 2 rings (SSSR count). The lowest BCUT2D eigenvalue weighted by atomic mass is 10.1. The lowest BCUT2D eigenvalue weighted by Crippen LogP contribution is -2.41. The first kappa shape index (κ1) is 11.4. The maximum Gasteiger partial charge on any atom is 0.157 e. The van der Waals surface area contributed by atoms with Crippen LogP contribution in [0.1, 0.15) is 19.5 Å². The van der Waals surface area contributed by atoms with Crippen LogP contribution in [0, 0.1) is 5.92 Å². The van der Waals surface area contributed by atoms with Crippen molar-refractivity contribution in [2.45, 2.75) is 26.4 Å². The van der Waals surface area contributed by atoms with Crippen molar-refractivity contribution in [3.05, 3.63) is 24.3 Å². The molecular weight excluding hydrogens is 220 g/mol. The van der Waals surface area contributed by atoms with Gasteiger partial charge in [0.15, 0.2) is 5.17 Å². The smallest absolute Gasteiger partial charge is 0.157 e. The van der Waals surface area contributed by atoms with Crippen molar-refractivity contribution in [3.8, 4) is 0 Å². The SMILES string of the molecule is CC1CSC(=NCc2ccncn2)NC1C. The van der Waals surface area contributed by atoms with E-state index in [2.05, 4.69) is 34.1 Å². The third-order valence-electron chi connectivity index (χ3n) is 2.72. The van der Waals surface area contributed by atoms with E-state index in [1.165, 1.54) is 0 Å². The molecule has 0 radical (unpaired) electrons. The van der Waals surface area contributed by atoms with Crippen molar-refractivity contribution in [1.82, 2.24) is 15.3 Å². The number of nitrogens with one attached hydrogen (secondary N) is 1. The summed E-state index contributed by atoms with van der Waals surface area (Å²) in [7, 11) is 0. The van der Waals surface area contributed by atoms with Crippen molar-refractivity contribution < 1.29 is 0 Å². The highest BCUT2D eigenvalue weighted by Gasteiger charge is 2.20. The fraction of sp³-hybridized carbons (Fsp3) is 0.545. The van der Waals surface area contributed by atoms with Gasteiger partial charge in [-0.1, -0.05) is 18.7 Å². The van der Waals surface area contributed by atoms with Gasteiger partial charge in [-0.15, -0.1) is 0 Å². The summed E-state index contributed by atoms with van der Waals surface area (Å²) in [5.41, 5.74) is 0.955. The zero-order valence-electron chi connectivity index (χ0n) is 9.55. The molecule has 0 saturated carbocycles. The highest BCUT2D eigenvalue weighted by molar-refractivity contribution is 8.13.